The van der Waals surface area contributed by atoms with Gasteiger partial charge >= 0.3 is 0 Å². The van der Waals surface area contributed by atoms with Crippen molar-refractivity contribution in [2.24, 2.45) is 5.92 Å². The molecule has 10 nitrogen and oxygen atoms in total. The van der Waals surface area contributed by atoms with Crippen molar-refractivity contribution in [2.45, 2.75) is 50.3 Å². The molecule has 5 rings (SSSR count). The minimum absolute atomic E-state index is 0. The van der Waals surface area contributed by atoms with Gasteiger partial charge in [0.15, 0.2) is 0 Å². The fourth-order valence-corrected chi connectivity index (χ4v) is 6.76. The number of ether oxygens (including phenoxy) is 1. The minimum atomic E-state index is -3.83. The second-order valence-corrected chi connectivity index (χ2v) is 13.8. The smallest absolute Gasteiger partial charge is 0.267 e. The van der Waals surface area contributed by atoms with Crippen LogP contribution in [0.3, 0.4) is 0 Å². The summed E-state index contributed by atoms with van der Waals surface area (Å²) in [4.78, 5) is 12.5. The van der Waals surface area contributed by atoms with Gasteiger partial charge in [-0.3, -0.25) is 4.79 Å². The van der Waals surface area contributed by atoms with E-state index in [1.165, 1.54) is 10.4 Å². The predicted molar refractivity (Wildman–Crippen MR) is 164 cm³/mol. The van der Waals surface area contributed by atoms with E-state index in [9.17, 15) is 26.0 Å². The molecule has 0 radical (unpaired) electrons. The number of aliphatic hydroxyl groups excluding tert-OH is 1. The van der Waals surface area contributed by atoms with Gasteiger partial charge in [0.1, 0.15) is 18.4 Å². The Morgan fingerprint density at radius 3 is 2.16 bits per heavy atom. The summed E-state index contributed by atoms with van der Waals surface area (Å²) in [5.41, 5.74) is 0.346. The summed E-state index contributed by atoms with van der Waals surface area (Å²) >= 11 is 0. The number of piperidine rings is 1. The molecule has 1 aliphatic carbocycles. The Hall–Kier alpha value is -3.10. The number of nitrogens with one attached hydrogen (secondary N) is 1. The highest BCUT2D eigenvalue weighted by molar-refractivity contribution is 7.89. The second-order valence-electron chi connectivity index (χ2n) is 10.2. The molecule has 1 aliphatic heterocycles. The summed E-state index contributed by atoms with van der Waals surface area (Å²) in [6, 6.07) is 15.3. The van der Waals surface area contributed by atoms with E-state index in [1.54, 1.807) is 16.9 Å². The fourth-order valence-electron chi connectivity index (χ4n) is 4.81. The molecule has 238 valence electrons. The molecule has 1 saturated heterocycles. The highest BCUT2D eigenvalue weighted by atomic mass is 32.2. The number of sulfonamides is 2. The molecule has 0 aromatic heterocycles. The number of rotatable bonds is 8. The van der Waals surface area contributed by atoms with Crippen molar-refractivity contribution in [3.63, 3.8) is 0 Å². The predicted octanol–water partition coefficient (Wildman–Crippen LogP) is 4.23. The lowest BCUT2D eigenvalue weighted by molar-refractivity contribution is 0.0773. The molecule has 13 heteroatoms. The molecule has 1 heterocycles. The van der Waals surface area contributed by atoms with Gasteiger partial charge in [-0.05, 0) is 72.1 Å². The molecule has 2 aliphatic rings. The lowest BCUT2D eigenvalue weighted by atomic mass is 9.99. The lowest BCUT2D eigenvalue weighted by Gasteiger charge is -2.31. The number of benzene rings is 3. The molecule has 0 bridgehead atoms. The van der Waals surface area contributed by atoms with Gasteiger partial charge in [-0.15, -0.1) is 0 Å². The van der Waals surface area contributed by atoms with Crippen LogP contribution in [0, 0.1) is 11.7 Å². The Labute approximate surface area is 254 Å². The monoisotopic (exact) mass is 640 g/mol. The number of amides is 1. The van der Waals surface area contributed by atoms with Crippen molar-refractivity contribution in [2.75, 3.05) is 32.7 Å². The zero-order valence-corrected chi connectivity index (χ0v) is 26.1. The third-order valence-electron chi connectivity index (χ3n) is 7.05. The van der Waals surface area contributed by atoms with Crippen LogP contribution in [0.2, 0.25) is 0 Å². The third-order valence-corrected chi connectivity index (χ3v) is 9.50. The number of carbonyl (C=O) groups is 1. The Kier molecular flexibility index (Phi) is 12.0. The number of nitrogens with zero attached hydrogens (tertiary/aromatic N) is 1. The number of aliphatic hydroxyl groups is 2. The van der Waals surface area contributed by atoms with Crippen molar-refractivity contribution in [1.29, 1.82) is 0 Å². The number of halogens is 1. The van der Waals surface area contributed by atoms with Crippen LogP contribution in [0.15, 0.2) is 59.5 Å². The molecule has 0 spiro atoms. The molecular weight excluding hydrogens is 599 g/mol. The molecule has 0 unspecified atom stereocenters. The van der Waals surface area contributed by atoms with E-state index >= 15 is 0 Å². The van der Waals surface area contributed by atoms with Gasteiger partial charge in [-0.2, -0.15) is 4.31 Å². The zero-order valence-electron chi connectivity index (χ0n) is 24.5. The SMILES string of the molecule is CC.CS(=O)(=O)NC(=O)c1cc(C2CC2)c(OCC2CCN(S(=O)(=O)c3ccc4ccccc4c3)CC2)cc1F.OCO.[HH]. The van der Waals surface area contributed by atoms with Gasteiger partial charge in [0.05, 0.1) is 23.3 Å². The van der Waals surface area contributed by atoms with Gasteiger partial charge in [-0.25, -0.2) is 25.9 Å². The van der Waals surface area contributed by atoms with Crippen molar-refractivity contribution >= 4 is 36.7 Å². The van der Waals surface area contributed by atoms with Crippen LogP contribution in [0.1, 0.15) is 62.8 Å². The Balaban J connectivity index is 0.00000106. The van der Waals surface area contributed by atoms with E-state index in [-0.39, 0.29) is 30.3 Å². The van der Waals surface area contributed by atoms with Gasteiger partial charge in [0.25, 0.3) is 5.91 Å². The highest BCUT2D eigenvalue weighted by Crippen LogP contribution is 2.45. The van der Waals surface area contributed by atoms with E-state index < -0.39 is 38.6 Å². The molecule has 1 saturated carbocycles. The Bertz CT molecular complexity index is 1630. The highest BCUT2D eigenvalue weighted by Gasteiger charge is 2.32. The average molecular weight is 641 g/mol. The van der Waals surface area contributed by atoms with Crippen LogP contribution in [0.5, 0.6) is 5.75 Å². The van der Waals surface area contributed by atoms with Crippen LogP contribution >= 0.6 is 0 Å². The first kappa shape index (κ1) is 34.4. The quantitative estimate of drug-likeness (QED) is 0.310. The van der Waals surface area contributed by atoms with E-state index in [1.807, 2.05) is 44.2 Å². The molecule has 3 N–H and O–H groups in total. The number of carbonyl (C=O) groups excluding carboxylic acids is 1. The number of hydrogen-bond acceptors (Lipinski definition) is 8. The third kappa shape index (κ3) is 9.19. The molecule has 3 aromatic rings. The molecular formula is C30H41FN2O8S2. The van der Waals surface area contributed by atoms with E-state index in [0.717, 1.165) is 35.9 Å². The van der Waals surface area contributed by atoms with Crippen LogP contribution < -0.4 is 9.46 Å². The van der Waals surface area contributed by atoms with Crippen molar-refractivity contribution in [3.05, 3.63) is 71.5 Å². The van der Waals surface area contributed by atoms with E-state index in [0.29, 0.717) is 37.2 Å². The molecule has 2 fully saturated rings. The second kappa shape index (κ2) is 15.1. The first-order valence-corrected chi connectivity index (χ1v) is 17.4. The first-order valence-electron chi connectivity index (χ1n) is 14.1. The molecule has 0 atom stereocenters. The summed E-state index contributed by atoms with van der Waals surface area (Å²) in [6.07, 6.45) is 3.78. The standard InChI is InChI=1S/C27H29FN2O6S2.C2H6.CH4O2.H2/c1-37(32,33)29-27(31)24-15-23(20-6-7-20)26(16-25(24)28)36-17-18-10-12-30(13-11-18)38(34,35)22-9-8-19-4-2-3-5-21(19)14-22;1-2;2-1-3;/h2-5,8-9,14-16,18,20H,6-7,10-13,17H2,1H3,(H,29,31);1-2H3;2-3H,1H2;1H. The fraction of sp³-hybridized carbons (Fsp3) is 0.433. The summed E-state index contributed by atoms with van der Waals surface area (Å²) in [6.45, 7) is 4.26. The van der Waals surface area contributed by atoms with Gasteiger partial charge in [0, 0.05) is 20.6 Å². The van der Waals surface area contributed by atoms with Crippen LogP contribution in [-0.2, 0) is 20.0 Å². The summed E-state index contributed by atoms with van der Waals surface area (Å²) in [5, 5.41) is 16.1. The Morgan fingerprint density at radius 2 is 1.58 bits per heavy atom. The first-order chi connectivity index (χ1) is 20.4. The maximum Gasteiger partial charge on any atom is 0.267 e. The normalized spacial score (nSPS) is 16.0. The summed E-state index contributed by atoms with van der Waals surface area (Å²) in [7, 11) is -7.45. The number of hydrogen-bond donors (Lipinski definition) is 3. The van der Waals surface area contributed by atoms with Crippen LogP contribution in [0.25, 0.3) is 10.8 Å². The van der Waals surface area contributed by atoms with Crippen LogP contribution in [0.4, 0.5) is 4.39 Å². The summed E-state index contributed by atoms with van der Waals surface area (Å²) in [5.74, 6) is -1.32. The molecule has 3 aromatic carbocycles. The molecule has 1 amide bonds. The van der Waals surface area contributed by atoms with Crippen molar-refractivity contribution < 1.29 is 42.4 Å². The summed E-state index contributed by atoms with van der Waals surface area (Å²) < 4.78 is 73.3. The molecule has 43 heavy (non-hydrogen) atoms. The zero-order chi connectivity index (χ0) is 31.8. The van der Waals surface area contributed by atoms with Crippen molar-refractivity contribution in [3.8, 4) is 5.75 Å². The topological polar surface area (TPSA) is 150 Å². The lowest BCUT2D eigenvalue weighted by Crippen LogP contribution is -2.39. The van der Waals surface area contributed by atoms with Gasteiger partial charge < -0.3 is 14.9 Å². The largest absolute Gasteiger partial charge is 0.493 e. The van der Waals surface area contributed by atoms with Gasteiger partial charge in [0.2, 0.25) is 20.0 Å². The average Bonchev–Trinajstić information content (AvgIpc) is 3.82. The maximum atomic E-state index is 14.7. The van der Waals surface area contributed by atoms with E-state index in [2.05, 4.69) is 0 Å². The van der Waals surface area contributed by atoms with Crippen molar-refractivity contribution in [1.82, 2.24) is 9.03 Å². The number of fused-ring (bicyclic) bond motifs is 1. The Morgan fingerprint density at radius 1 is 0.977 bits per heavy atom. The maximum absolute atomic E-state index is 14.7. The van der Waals surface area contributed by atoms with E-state index in [4.69, 9.17) is 14.9 Å². The minimum Gasteiger partial charge on any atom is -0.493 e. The van der Waals surface area contributed by atoms with Gasteiger partial charge in [-0.1, -0.05) is 44.2 Å². The van der Waals surface area contributed by atoms with Crippen LogP contribution in [-0.4, -0.2) is 70.0 Å².